The van der Waals surface area contributed by atoms with Crippen molar-refractivity contribution in [2.24, 2.45) is 0 Å². The van der Waals surface area contributed by atoms with Gasteiger partial charge in [-0.15, -0.1) is 0 Å². The average Bonchev–Trinajstić information content (AvgIpc) is 2.80. The zero-order valence-electron chi connectivity index (χ0n) is 19.2. The quantitative estimate of drug-likeness (QED) is 0.323. The zero-order chi connectivity index (χ0) is 26.5. The summed E-state index contributed by atoms with van der Waals surface area (Å²) in [5.74, 6) is -1.06. The largest absolute Gasteiger partial charge is 0.481 e. The topological polar surface area (TPSA) is 69.6 Å². The van der Waals surface area contributed by atoms with Crippen molar-refractivity contribution in [3.05, 3.63) is 93.0 Å². The molecule has 3 rings (SSSR count). The molecule has 2 N–H and O–H groups in total. The average molecular weight is 539 g/mol. The summed E-state index contributed by atoms with van der Waals surface area (Å²) in [6, 6.07) is 14.3. The predicted octanol–water partition coefficient (Wildman–Crippen LogP) is 7.04. The van der Waals surface area contributed by atoms with Crippen molar-refractivity contribution in [3.63, 3.8) is 0 Å². The lowest BCUT2D eigenvalue weighted by atomic mass is 9.95. The highest BCUT2D eigenvalue weighted by molar-refractivity contribution is 6.31. The number of carboxylic acids is 1. The molecular formula is C26H23Cl2F3N2O3. The monoisotopic (exact) mass is 538 g/mol. The molecular weight excluding hydrogens is 516 g/mol. The first-order chi connectivity index (χ1) is 17.0. The molecule has 190 valence electrons. The Morgan fingerprint density at radius 2 is 1.64 bits per heavy atom. The van der Waals surface area contributed by atoms with Crippen molar-refractivity contribution < 1.29 is 27.9 Å². The van der Waals surface area contributed by atoms with Gasteiger partial charge in [0.25, 0.3) is 0 Å². The second-order valence-corrected chi connectivity index (χ2v) is 8.96. The molecule has 3 aromatic carbocycles. The van der Waals surface area contributed by atoms with Crippen LogP contribution in [0.5, 0.6) is 0 Å². The van der Waals surface area contributed by atoms with E-state index in [1.165, 1.54) is 17.0 Å². The predicted molar refractivity (Wildman–Crippen MR) is 133 cm³/mol. The van der Waals surface area contributed by atoms with Gasteiger partial charge >= 0.3 is 18.2 Å². The van der Waals surface area contributed by atoms with Gasteiger partial charge in [-0.1, -0.05) is 47.5 Å². The van der Waals surface area contributed by atoms with Crippen molar-refractivity contribution in [3.8, 4) is 11.1 Å². The number of aliphatic carboxylic acids is 1. The third-order valence-corrected chi connectivity index (χ3v) is 5.91. The number of benzene rings is 3. The molecule has 0 aliphatic rings. The van der Waals surface area contributed by atoms with E-state index in [9.17, 15) is 22.8 Å². The minimum Gasteiger partial charge on any atom is -0.481 e. The molecule has 0 heterocycles. The van der Waals surface area contributed by atoms with Gasteiger partial charge < -0.3 is 15.3 Å². The summed E-state index contributed by atoms with van der Waals surface area (Å²) in [4.78, 5) is 25.4. The van der Waals surface area contributed by atoms with E-state index in [1.54, 1.807) is 43.3 Å². The van der Waals surface area contributed by atoms with Crippen molar-refractivity contribution >= 4 is 35.2 Å². The Balaban J connectivity index is 1.93. The van der Waals surface area contributed by atoms with E-state index in [0.717, 1.165) is 17.7 Å². The third kappa shape index (κ3) is 7.38. The summed E-state index contributed by atoms with van der Waals surface area (Å²) in [7, 11) is 0. The van der Waals surface area contributed by atoms with Crippen LogP contribution in [0.15, 0.2) is 60.7 Å². The van der Waals surface area contributed by atoms with Crippen molar-refractivity contribution in [1.82, 2.24) is 10.2 Å². The van der Waals surface area contributed by atoms with E-state index >= 15 is 0 Å². The number of carbonyl (C=O) groups is 2. The summed E-state index contributed by atoms with van der Waals surface area (Å²) < 4.78 is 40.5. The Morgan fingerprint density at radius 3 is 2.25 bits per heavy atom. The molecule has 36 heavy (non-hydrogen) atoms. The fourth-order valence-electron chi connectivity index (χ4n) is 3.69. The minimum atomic E-state index is -4.58. The van der Waals surface area contributed by atoms with Crippen molar-refractivity contribution in [2.75, 3.05) is 6.54 Å². The van der Waals surface area contributed by atoms with Crippen LogP contribution in [-0.4, -0.2) is 28.6 Å². The first-order valence-corrected chi connectivity index (χ1v) is 11.7. The maximum absolute atomic E-state index is 13.5. The molecule has 0 bridgehead atoms. The van der Waals surface area contributed by atoms with Gasteiger partial charge in [0.2, 0.25) is 0 Å². The molecule has 2 amide bonds. The zero-order valence-corrected chi connectivity index (χ0v) is 20.7. The van der Waals surface area contributed by atoms with Crippen LogP contribution in [0.2, 0.25) is 10.0 Å². The summed E-state index contributed by atoms with van der Waals surface area (Å²) in [5.41, 5.74) is 1.49. The Bertz CT molecular complexity index is 1250. The van der Waals surface area contributed by atoms with Gasteiger partial charge in [0.05, 0.1) is 12.0 Å². The highest BCUT2D eigenvalue weighted by Gasteiger charge is 2.31. The van der Waals surface area contributed by atoms with Crippen LogP contribution in [0.25, 0.3) is 11.1 Å². The maximum atomic E-state index is 13.5. The first kappa shape index (κ1) is 27.4. The molecule has 0 aliphatic heterocycles. The molecule has 5 nitrogen and oxygen atoms in total. The first-order valence-electron chi connectivity index (χ1n) is 10.9. The van der Waals surface area contributed by atoms with Gasteiger partial charge in [-0.2, -0.15) is 13.2 Å². The fourth-order valence-corrected chi connectivity index (χ4v) is 4.07. The molecule has 0 saturated heterocycles. The molecule has 0 aromatic heterocycles. The Kier molecular flexibility index (Phi) is 8.87. The molecule has 0 radical (unpaired) electrons. The number of nitrogens with zero attached hydrogens (tertiary/aromatic N) is 1. The molecule has 3 aromatic rings. The maximum Gasteiger partial charge on any atom is 0.416 e. The van der Waals surface area contributed by atoms with E-state index in [-0.39, 0.29) is 36.6 Å². The summed E-state index contributed by atoms with van der Waals surface area (Å²) in [6.45, 7) is 2.07. The van der Waals surface area contributed by atoms with Gasteiger partial charge in [0.1, 0.15) is 0 Å². The van der Waals surface area contributed by atoms with E-state index in [4.69, 9.17) is 28.3 Å². The van der Waals surface area contributed by atoms with Crippen LogP contribution in [0.3, 0.4) is 0 Å². The van der Waals surface area contributed by atoms with Gasteiger partial charge in [0, 0.05) is 29.7 Å². The lowest BCUT2D eigenvalue weighted by Gasteiger charge is -2.24. The number of rotatable bonds is 8. The van der Waals surface area contributed by atoms with Gasteiger partial charge in [-0.25, -0.2) is 4.79 Å². The van der Waals surface area contributed by atoms with Crippen LogP contribution >= 0.6 is 23.2 Å². The summed E-state index contributed by atoms with van der Waals surface area (Å²) >= 11 is 12.1. The molecule has 0 unspecified atom stereocenters. The number of amides is 2. The number of alkyl halides is 3. The molecule has 0 spiro atoms. The Hall–Kier alpha value is -3.23. The number of hydrogen-bond acceptors (Lipinski definition) is 2. The molecule has 0 fully saturated rings. The van der Waals surface area contributed by atoms with Crippen molar-refractivity contribution in [2.45, 2.75) is 32.6 Å². The van der Waals surface area contributed by atoms with Crippen LogP contribution in [0.1, 0.15) is 29.2 Å². The standard InChI is InChI=1S/C26H23Cl2F3N2O3/c1-2-33(25(36)32-14-16-3-6-21(27)7-4-16)15-19-12-20(26(29,30)31)5-8-23(19)18-9-17(11-24(34)35)10-22(28)13-18/h3-10,12-13H,2,11,14-15H2,1H3,(H,32,36)(H,34,35). The highest BCUT2D eigenvalue weighted by Crippen LogP contribution is 2.35. The van der Waals surface area contributed by atoms with Gasteiger partial charge in [-0.3, -0.25) is 4.79 Å². The number of hydrogen-bond donors (Lipinski definition) is 2. The molecule has 0 saturated carbocycles. The van der Waals surface area contributed by atoms with E-state index in [2.05, 4.69) is 5.32 Å². The van der Waals surface area contributed by atoms with E-state index in [0.29, 0.717) is 21.7 Å². The van der Waals surface area contributed by atoms with Crippen LogP contribution in [0, 0.1) is 0 Å². The minimum absolute atomic E-state index is 0.108. The highest BCUT2D eigenvalue weighted by atomic mass is 35.5. The SMILES string of the molecule is CCN(Cc1cc(C(F)(F)F)ccc1-c1cc(Cl)cc(CC(=O)O)c1)C(=O)NCc1ccc(Cl)cc1. The number of urea groups is 1. The number of carboxylic acid groups (broad SMARTS) is 1. The van der Waals surface area contributed by atoms with Crippen molar-refractivity contribution in [1.29, 1.82) is 0 Å². The van der Waals surface area contributed by atoms with Gasteiger partial charge in [-0.05, 0) is 71.1 Å². The number of halogens is 5. The summed E-state index contributed by atoms with van der Waals surface area (Å²) in [5, 5.41) is 12.7. The second kappa shape index (κ2) is 11.7. The normalized spacial score (nSPS) is 11.3. The van der Waals surface area contributed by atoms with Crippen LogP contribution in [0.4, 0.5) is 18.0 Å². The smallest absolute Gasteiger partial charge is 0.416 e. The third-order valence-electron chi connectivity index (χ3n) is 5.44. The second-order valence-electron chi connectivity index (χ2n) is 8.09. The summed E-state index contributed by atoms with van der Waals surface area (Å²) in [6.07, 6.45) is -4.87. The van der Waals surface area contributed by atoms with E-state index < -0.39 is 23.7 Å². The molecule has 0 atom stereocenters. The van der Waals surface area contributed by atoms with E-state index in [1.807, 2.05) is 0 Å². The lowest BCUT2D eigenvalue weighted by Crippen LogP contribution is -2.39. The number of carbonyl (C=O) groups excluding carboxylic acids is 1. The van der Waals surface area contributed by atoms with Crippen LogP contribution in [-0.2, 0) is 30.5 Å². The lowest BCUT2D eigenvalue weighted by molar-refractivity contribution is -0.138. The molecule has 10 heteroatoms. The molecule has 0 aliphatic carbocycles. The van der Waals surface area contributed by atoms with Crippen LogP contribution < -0.4 is 5.32 Å². The van der Waals surface area contributed by atoms with Gasteiger partial charge in [0.15, 0.2) is 0 Å². The number of nitrogens with one attached hydrogen (secondary N) is 1. The Labute approximate surface area is 216 Å². The fraction of sp³-hybridized carbons (Fsp3) is 0.231. The Morgan fingerprint density at radius 1 is 0.944 bits per heavy atom.